The van der Waals surface area contributed by atoms with Crippen molar-refractivity contribution in [3.05, 3.63) is 70.5 Å². The number of nitrogens with zero attached hydrogens (tertiary/aromatic N) is 4. The number of benzene rings is 1. The number of ether oxygens (including phenoxy) is 2. The predicted molar refractivity (Wildman–Crippen MR) is 132 cm³/mol. The standard InChI is InChI=1S/C24H25ClN4O7S/c25-15-8-17(35-5-3-29-12-26-11-28-29)14(24-23(33)22(32)21(31)18(10-30)36-24)6-13(15)7-20-27-9-19(37-20)16-2-1-4-34-16/h1-2,4,6,8-9,11-12,18,21-24,30-33H,3,5,7,10H2/t18-,21-,22+,23-,24+/m1/s1. The van der Waals surface area contributed by atoms with Crippen LogP contribution in [0.25, 0.3) is 10.6 Å². The van der Waals surface area contributed by atoms with E-state index < -0.39 is 37.1 Å². The molecule has 5 atom stereocenters. The summed E-state index contributed by atoms with van der Waals surface area (Å²) < 4.78 is 18.9. The van der Waals surface area contributed by atoms with Crippen LogP contribution in [0.4, 0.5) is 0 Å². The molecule has 4 N–H and O–H groups in total. The maximum Gasteiger partial charge on any atom is 0.145 e. The van der Waals surface area contributed by atoms with Crippen molar-refractivity contribution in [2.24, 2.45) is 0 Å². The van der Waals surface area contributed by atoms with Crippen LogP contribution in [-0.4, -0.2) is 77.8 Å². The largest absolute Gasteiger partial charge is 0.491 e. The van der Waals surface area contributed by atoms with E-state index in [2.05, 4.69) is 15.1 Å². The molecule has 0 spiro atoms. The second kappa shape index (κ2) is 11.3. The molecule has 5 rings (SSSR count). The summed E-state index contributed by atoms with van der Waals surface area (Å²) >= 11 is 8.10. The zero-order valence-electron chi connectivity index (χ0n) is 19.4. The Bertz CT molecular complexity index is 1300. The van der Waals surface area contributed by atoms with Crippen LogP contribution in [0.1, 0.15) is 22.2 Å². The summed E-state index contributed by atoms with van der Waals surface area (Å²) in [5, 5.41) is 46.3. The summed E-state index contributed by atoms with van der Waals surface area (Å²) in [5.41, 5.74) is 1.11. The third-order valence-electron chi connectivity index (χ3n) is 6.08. The van der Waals surface area contributed by atoms with Crippen LogP contribution in [0.5, 0.6) is 5.75 Å². The maximum atomic E-state index is 10.8. The van der Waals surface area contributed by atoms with E-state index in [1.807, 2.05) is 6.07 Å². The topological polar surface area (TPSA) is 156 Å². The Kier molecular flexibility index (Phi) is 7.86. The van der Waals surface area contributed by atoms with Crippen LogP contribution in [0.3, 0.4) is 0 Å². The van der Waals surface area contributed by atoms with E-state index in [0.29, 0.717) is 40.6 Å². The molecular formula is C24H25ClN4O7S. The zero-order chi connectivity index (χ0) is 25.9. The van der Waals surface area contributed by atoms with E-state index in [4.69, 9.17) is 25.5 Å². The van der Waals surface area contributed by atoms with Gasteiger partial charge in [-0.2, -0.15) is 5.10 Å². The van der Waals surface area contributed by atoms with Gasteiger partial charge in [-0.15, -0.1) is 11.3 Å². The number of furan rings is 1. The highest BCUT2D eigenvalue weighted by Crippen LogP contribution is 2.40. The van der Waals surface area contributed by atoms with Gasteiger partial charge < -0.3 is 34.3 Å². The van der Waals surface area contributed by atoms with Crippen LogP contribution >= 0.6 is 22.9 Å². The van der Waals surface area contributed by atoms with Gasteiger partial charge in [0.2, 0.25) is 0 Å². The lowest BCUT2D eigenvalue weighted by atomic mass is 9.90. The van der Waals surface area contributed by atoms with E-state index in [1.165, 1.54) is 17.7 Å². The third kappa shape index (κ3) is 5.55. The van der Waals surface area contributed by atoms with Crippen LogP contribution in [-0.2, 0) is 17.7 Å². The van der Waals surface area contributed by atoms with Gasteiger partial charge in [-0.25, -0.2) is 14.6 Å². The smallest absolute Gasteiger partial charge is 0.145 e. The fourth-order valence-corrected chi connectivity index (χ4v) is 5.27. The van der Waals surface area contributed by atoms with E-state index in [9.17, 15) is 20.4 Å². The van der Waals surface area contributed by atoms with E-state index in [0.717, 1.165) is 9.88 Å². The van der Waals surface area contributed by atoms with Gasteiger partial charge in [0.05, 0.1) is 29.3 Å². The van der Waals surface area contributed by atoms with Gasteiger partial charge >= 0.3 is 0 Å². The van der Waals surface area contributed by atoms with Gasteiger partial charge in [-0.05, 0) is 29.8 Å². The molecule has 4 aromatic rings. The second-order valence-electron chi connectivity index (χ2n) is 8.51. The van der Waals surface area contributed by atoms with Gasteiger partial charge in [0, 0.05) is 23.2 Å². The van der Waals surface area contributed by atoms with Crippen molar-refractivity contribution >= 4 is 22.9 Å². The Labute approximate surface area is 220 Å². The summed E-state index contributed by atoms with van der Waals surface area (Å²) in [7, 11) is 0. The lowest BCUT2D eigenvalue weighted by Crippen LogP contribution is -2.55. The normalized spacial score (nSPS) is 23.9. The first-order valence-corrected chi connectivity index (χ1v) is 12.7. The molecule has 196 valence electrons. The molecule has 0 saturated carbocycles. The van der Waals surface area contributed by atoms with Crippen molar-refractivity contribution in [2.45, 2.75) is 43.5 Å². The van der Waals surface area contributed by atoms with E-state index in [-0.39, 0.29) is 6.61 Å². The van der Waals surface area contributed by atoms with E-state index >= 15 is 0 Å². The highest BCUT2D eigenvalue weighted by molar-refractivity contribution is 7.15. The summed E-state index contributed by atoms with van der Waals surface area (Å²) in [5.74, 6) is 1.04. The number of halogens is 1. The molecule has 37 heavy (non-hydrogen) atoms. The number of aromatic nitrogens is 4. The number of aliphatic hydroxyl groups excluding tert-OH is 4. The van der Waals surface area contributed by atoms with Gasteiger partial charge in [0.15, 0.2) is 0 Å². The van der Waals surface area contributed by atoms with Crippen molar-refractivity contribution in [3.8, 4) is 16.4 Å². The summed E-state index contributed by atoms with van der Waals surface area (Å²) in [6.45, 7) is 0.0731. The third-order valence-corrected chi connectivity index (χ3v) is 7.45. The average Bonchev–Trinajstić information content (AvgIpc) is 3.68. The number of hydrogen-bond donors (Lipinski definition) is 4. The van der Waals surface area contributed by atoms with Crippen molar-refractivity contribution in [3.63, 3.8) is 0 Å². The van der Waals surface area contributed by atoms with Crippen molar-refractivity contribution in [1.82, 2.24) is 19.7 Å². The Balaban J connectivity index is 1.45. The molecule has 11 nitrogen and oxygen atoms in total. The first-order valence-electron chi connectivity index (χ1n) is 11.5. The second-order valence-corrected chi connectivity index (χ2v) is 10.0. The van der Waals surface area contributed by atoms with Gasteiger partial charge in [-0.3, -0.25) is 0 Å². The highest BCUT2D eigenvalue weighted by Gasteiger charge is 2.45. The lowest BCUT2D eigenvalue weighted by molar-refractivity contribution is -0.232. The first-order chi connectivity index (χ1) is 17.9. The minimum atomic E-state index is -1.53. The van der Waals surface area contributed by atoms with Crippen LogP contribution in [0.15, 0.2) is 53.8 Å². The predicted octanol–water partition coefficient (Wildman–Crippen LogP) is 1.83. The van der Waals surface area contributed by atoms with Gasteiger partial charge in [-0.1, -0.05) is 11.6 Å². The molecule has 1 saturated heterocycles. The number of thiazole rings is 1. The van der Waals surface area contributed by atoms with Crippen molar-refractivity contribution in [1.29, 1.82) is 0 Å². The summed E-state index contributed by atoms with van der Waals surface area (Å²) in [6.07, 6.45) is 0.0333. The molecule has 0 radical (unpaired) electrons. The molecule has 0 amide bonds. The Morgan fingerprint density at radius 3 is 2.76 bits per heavy atom. The van der Waals surface area contributed by atoms with Crippen LogP contribution < -0.4 is 4.74 Å². The SMILES string of the molecule is OC[C@H]1O[C@@H](c2cc(Cc3ncc(-c4ccco4)s3)c(Cl)cc2OCCn2cncn2)[C@H](O)[C@@H](O)[C@@H]1O. The molecular weight excluding hydrogens is 524 g/mol. The minimum absolute atomic E-state index is 0.211. The molecule has 13 heteroatoms. The molecule has 0 aliphatic carbocycles. The maximum absolute atomic E-state index is 10.8. The average molecular weight is 549 g/mol. The Morgan fingerprint density at radius 1 is 1.16 bits per heavy atom. The van der Waals surface area contributed by atoms with Crippen molar-refractivity contribution in [2.75, 3.05) is 13.2 Å². The fraction of sp³-hybridized carbons (Fsp3) is 0.375. The van der Waals surface area contributed by atoms with Crippen LogP contribution in [0, 0.1) is 0 Å². The van der Waals surface area contributed by atoms with E-state index in [1.54, 1.807) is 41.7 Å². The lowest BCUT2D eigenvalue weighted by Gasteiger charge is -2.40. The quantitative estimate of drug-likeness (QED) is 0.243. The van der Waals surface area contributed by atoms with Gasteiger partial charge in [0.1, 0.15) is 61.3 Å². The monoisotopic (exact) mass is 548 g/mol. The molecule has 1 aliphatic rings. The molecule has 3 aromatic heterocycles. The van der Waals surface area contributed by atoms with Crippen LogP contribution in [0.2, 0.25) is 5.02 Å². The number of rotatable bonds is 9. The van der Waals surface area contributed by atoms with Gasteiger partial charge in [0.25, 0.3) is 0 Å². The zero-order valence-corrected chi connectivity index (χ0v) is 21.0. The minimum Gasteiger partial charge on any atom is -0.491 e. The Morgan fingerprint density at radius 2 is 2.03 bits per heavy atom. The molecule has 1 aromatic carbocycles. The molecule has 1 fully saturated rings. The Hall–Kier alpha value is -2.84. The molecule has 0 unspecified atom stereocenters. The van der Waals surface area contributed by atoms with Crippen molar-refractivity contribution < 1.29 is 34.3 Å². The fourth-order valence-electron chi connectivity index (χ4n) is 4.15. The summed E-state index contributed by atoms with van der Waals surface area (Å²) in [4.78, 5) is 9.25. The summed E-state index contributed by atoms with van der Waals surface area (Å²) in [6, 6.07) is 7.01. The number of aliphatic hydroxyl groups is 4. The molecule has 1 aliphatic heterocycles. The molecule has 4 heterocycles. The molecule has 0 bridgehead atoms. The first kappa shape index (κ1) is 25.8. The highest BCUT2D eigenvalue weighted by atomic mass is 35.5. The number of hydrogen-bond acceptors (Lipinski definition) is 11.